The van der Waals surface area contributed by atoms with E-state index in [0.29, 0.717) is 47.1 Å². The highest BCUT2D eigenvalue weighted by atomic mass is 35.5. The molecular formula is C31H33ClFNO4S. The van der Waals surface area contributed by atoms with Gasteiger partial charge in [-0.05, 0) is 72.9 Å². The Kier molecular flexibility index (Phi) is 9.13. The van der Waals surface area contributed by atoms with Crippen LogP contribution in [0.1, 0.15) is 59.3 Å². The molecule has 3 atom stereocenters. The van der Waals surface area contributed by atoms with Crippen LogP contribution in [0.15, 0.2) is 65.6 Å². The Morgan fingerprint density at radius 3 is 2.64 bits per heavy atom. The van der Waals surface area contributed by atoms with Crippen LogP contribution in [0.25, 0.3) is 0 Å². The van der Waals surface area contributed by atoms with Gasteiger partial charge in [0.05, 0.1) is 24.9 Å². The number of nitrogens with zero attached hydrogens (tertiary/aromatic N) is 1. The molecule has 1 N–H and O–H groups in total. The summed E-state index contributed by atoms with van der Waals surface area (Å²) < 4.78 is 26.5. The molecule has 39 heavy (non-hydrogen) atoms. The number of benzene rings is 3. The average molecular weight is 570 g/mol. The SMILES string of the molecule is CCOc1ccc(Cc2cc([C@H]3CC(O)C[C@@H](CSc4cc(C(=O)N5CCC5)ccc4F)O3)ccc2Cl)cc1. The average Bonchev–Trinajstić information content (AvgIpc) is 2.89. The largest absolute Gasteiger partial charge is 0.494 e. The molecule has 1 unspecified atom stereocenters. The summed E-state index contributed by atoms with van der Waals surface area (Å²) in [4.78, 5) is 14.8. The number of aliphatic hydroxyl groups excluding tert-OH is 1. The Morgan fingerprint density at radius 1 is 1.13 bits per heavy atom. The van der Waals surface area contributed by atoms with Crippen molar-refractivity contribution >= 4 is 29.3 Å². The topological polar surface area (TPSA) is 59.0 Å². The number of hydrogen-bond acceptors (Lipinski definition) is 5. The fraction of sp³-hybridized carbons (Fsp3) is 0.387. The number of aliphatic hydroxyl groups is 1. The number of hydrogen-bond donors (Lipinski definition) is 1. The third kappa shape index (κ3) is 6.95. The molecule has 0 aliphatic carbocycles. The van der Waals surface area contributed by atoms with Gasteiger partial charge >= 0.3 is 0 Å². The van der Waals surface area contributed by atoms with Gasteiger partial charge < -0.3 is 19.5 Å². The van der Waals surface area contributed by atoms with Crippen molar-refractivity contribution in [1.29, 1.82) is 0 Å². The first-order valence-corrected chi connectivity index (χ1v) is 14.8. The van der Waals surface area contributed by atoms with Crippen molar-refractivity contribution in [1.82, 2.24) is 4.90 Å². The Morgan fingerprint density at radius 2 is 1.92 bits per heavy atom. The van der Waals surface area contributed by atoms with Crippen LogP contribution in [0.3, 0.4) is 0 Å². The Labute approximate surface area is 238 Å². The highest BCUT2D eigenvalue weighted by molar-refractivity contribution is 7.99. The van der Waals surface area contributed by atoms with Crippen LogP contribution in [0, 0.1) is 5.82 Å². The van der Waals surface area contributed by atoms with Gasteiger partial charge in [-0.15, -0.1) is 11.8 Å². The normalized spacial score (nSPS) is 20.9. The second-order valence-electron chi connectivity index (χ2n) is 10.1. The molecule has 0 aromatic heterocycles. The number of ether oxygens (including phenoxy) is 2. The Hall–Kier alpha value is -2.58. The predicted octanol–water partition coefficient (Wildman–Crippen LogP) is 6.69. The zero-order valence-electron chi connectivity index (χ0n) is 21.9. The number of rotatable bonds is 9. The van der Waals surface area contributed by atoms with Gasteiger partial charge in [0.1, 0.15) is 11.6 Å². The summed E-state index contributed by atoms with van der Waals surface area (Å²) >= 11 is 7.86. The van der Waals surface area contributed by atoms with E-state index in [-0.39, 0.29) is 23.9 Å². The summed E-state index contributed by atoms with van der Waals surface area (Å²) in [6, 6.07) is 18.4. The lowest BCUT2D eigenvalue weighted by atomic mass is 9.94. The molecule has 206 valence electrons. The molecule has 2 aliphatic heterocycles. The van der Waals surface area contributed by atoms with E-state index < -0.39 is 6.10 Å². The van der Waals surface area contributed by atoms with Crippen LogP contribution < -0.4 is 4.74 Å². The predicted molar refractivity (Wildman–Crippen MR) is 152 cm³/mol. The van der Waals surface area contributed by atoms with Gasteiger partial charge in [-0.2, -0.15) is 0 Å². The van der Waals surface area contributed by atoms with Crippen LogP contribution >= 0.6 is 23.4 Å². The molecule has 0 saturated carbocycles. The zero-order chi connectivity index (χ0) is 27.4. The fourth-order valence-corrected chi connectivity index (χ4v) is 6.15. The van der Waals surface area contributed by atoms with Gasteiger partial charge in [0.25, 0.3) is 5.91 Å². The van der Waals surface area contributed by atoms with Crippen LogP contribution in [0.5, 0.6) is 5.75 Å². The molecule has 2 fully saturated rings. The molecule has 1 amide bonds. The first-order chi connectivity index (χ1) is 18.9. The third-order valence-corrected chi connectivity index (χ3v) is 8.73. The van der Waals surface area contributed by atoms with Crippen molar-refractivity contribution in [2.24, 2.45) is 0 Å². The highest BCUT2D eigenvalue weighted by Crippen LogP contribution is 2.36. The van der Waals surface area contributed by atoms with E-state index in [1.165, 1.54) is 17.8 Å². The number of carbonyl (C=O) groups excluding carboxylic acids is 1. The smallest absolute Gasteiger partial charge is 0.253 e. The first kappa shape index (κ1) is 28.0. The molecule has 5 nitrogen and oxygen atoms in total. The quantitative estimate of drug-likeness (QED) is 0.291. The molecule has 3 aromatic rings. The van der Waals surface area contributed by atoms with Crippen molar-refractivity contribution < 1.29 is 23.8 Å². The minimum Gasteiger partial charge on any atom is -0.494 e. The van der Waals surface area contributed by atoms with Gasteiger partial charge in [-0.1, -0.05) is 35.9 Å². The molecule has 2 saturated heterocycles. The van der Waals surface area contributed by atoms with Crippen molar-refractivity contribution in [3.63, 3.8) is 0 Å². The number of thioether (sulfide) groups is 1. The van der Waals surface area contributed by atoms with Crippen molar-refractivity contribution in [3.05, 3.63) is 93.8 Å². The van der Waals surface area contributed by atoms with Gasteiger partial charge in [0.15, 0.2) is 0 Å². The van der Waals surface area contributed by atoms with E-state index in [0.717, 1.165) is 42.0 Å². The molecule has 2 aliphatic rings. The Balaban J connectivity index is 1.24. The molecule has 0 bridgehead atoms. The maximum absolute atomic E-state index is 14.6. The molecule has 0 radical (unpaired) electrons. The van der Waals surface area contributed by atoms with Crippen LogP contribution in [-0.4, -0.2) is 53.6 Å². The first-order valence-electron chi connectivity index (χ1n) is 13.4. The number of likely N-dealkylation sites (tertiary alicyclic amines) is 1. The van der Waals surface area contributed by atoms with Gasteiger partial charge in [0, 0.05) is 47.2 Å². The minimum absolute atomic E-state index is 0.0590. The standard InChI is InChI=1S/C31H33ClFNO4S/c1-2-37-25-8-4-20(5-9-25)14-23-15-21(6-10-27(23)32)29-18-24(35)17-26(38-29)19-39-30-16-22(7-11-28(30)33)31(36)34-12-3-13-34/h4-11,15-16,24,26,29,35H,2-3,12-14,17-19H2,1H3/t24?,26-,29+/m0/s1. The maximum atomic E-state index is 14.6. The summed E-state index contributed by atoms with van der Waals surface area (Å²) in [5.74, 6) is 0.892. The van der Waals surface area contributed by atoms with E-state index in [1.54, 1.807) is 17.0 Å². The fourth-order valence-electron chi connectivity index (χ4n) is 4.96. The van der Waals surface area contributed by atoms with Crippen molar-refractivity contribution in [3.8, 4) is 5.75 Å². The monoisotopic (exact) mass is 569 g/mol. The molecule has 0 spiro atoms. The lowest BCUT2D eigenvalue weighted by Crippen LogP contribution is -2.42. The van der Waals surface area contributed by atoms with Crippen LogP contribution in [0.2, 0.25) is 5.02 Å². The van der Waals surface area contributed by atoms with E-state index in [2.05, 4.69) is 6.07 Å². The number of halogens is 2. The molecular weight excluding hydrogens is 537 g/mol. The molecule has 5 rings (SSSR count). The number of amides is 1. The van der Waals surface area contributed by atoms with Crippen molar-refractivity contribution in [2.45, 2.75) is 55.8 Å². The van der Waals surface area contributed by atoms with E-state index >= 15 is 0 Å². The Bertz CT molecular complexity index is 1300. The van der Waals surface area contributed by atoms with E-state index in [9.17, 15) is 14.3 Å². The third-order valence-electron chi connectivity index (χ3n) is 7.19. The summed E-state index contributed by atoms with van der Waals surface area (Å²) in [6.07, 6.45) is 1.56. The molecule has 8 heteroatoms. The van der Waals surface area contributed by atoms with Crippen molar-refractivity contribution in [2.75, 3.05) is 25.4 Å². The summed E-state index contributed by atoms with van der Waals surface area (Å²) in [5, 5.41) is 11.3. The second kappa shape index (κ2) is 12.7. The van der Waals surface area contributed by atoms with Gasteiger partial charge in [-0.25, -0.2) is 4.39 Å². The van der Waals surface area contributed by atoms with Gasteiger partial charge in [0.2, 0.25) is 0 Å². The maximum Gasteiger partial charge on any atom is 0.253 e. The van der Waals surface area contributed by atoms with E-state index in [1.807, 2.05) is 43.3 Å². The zero-order valence-corrected chi connectivity index (χ0v) is 23.5. The summed E-state index contributed by atoms with van der Waals surface area (Å²) in [6.45, 7) is 4.08. The summed E-state index contributed by atoms with van der Waals surface area (Å²) in [7, 11) is 0. The number of carbonyl (C=O) groups is 1. The van der Waals surface area contributed by atoms with Gasteiger partial charge in [-0.3, -0.25) is 4.79 Å². The minimum atomic E-state index is -0.524. The lowest BCUT2D eigenvalue weighted by Gasteiger charge is -2.33. The van der Waals surface area contributed by atoms with E-state index in [4.69, 9.17) is 21.1 Å². The summed E-state index contributed by atoms with van der Waals surface area (Å²) in [5.41, 5.74) is 3.57. The molecule has 3 aromatic carbocycles. The molecule has 2 heterocycles. The van der Waals surface area contributed by atoms with Crippen LogP contribution in [0.4, 0.5) is 4.39 Å². The highest BCUT2D eigenvalue weighted by Gasteiger charge is 2.30. The lowest BCUT2D eigenvalue weighted by molar-refractivity contribution is -0.0875. The second-order valence-corrected chi connectivity index (χ2v) is 11.5. The van der Waals surface area contributed by atoms with Crippen LogP contribution in [-0.2, 0) is 11.2 Å².